The number of nitrogens with zero attached hydrogens (tertiary/aromatic N) is 4. The average Bonchev–Trinajstić information content (AvgIpc) is 3.44. The Labute approximate surface area is 185 Å². The number of aromatic nitrogens is 1. The van der Waals surface area contributed by atoms with E-state index in [4.69, 9.17) is 10.1 Å². The van der Waals surface area contributed by atoms with Gasteiger partial charge in [0.15, 0.2) is 5.84 Å². The van der Waals surface area contributed by atoms with Crippen molar-refractivity contribution in [1.82, 2.24) is 9.58 Å². The lowest BCUT2D eigenvalue weighted by Gasteiger charge is -2.20. The van der Waals surface area contributed by atoms with Crippen LogP contribution in [0.3, 0.4) is 0 Å². The zero-order valence-corrected chi connectivity index (χ0v) is 18.1. The van der Waals surface area contributed by atoms with Crippen LogP contribution in [-0.2, 0) is 4.79 Å². The second kappa shape index (κ2) is 8.19. The number of hydrogen-bond acceptors (Lipinski definition) is 5. The largest absolute Gasteiger partial charge is 0.497 e. The highest BCUT2D eigenvalue weighted by atomic mass is 32.2. The fourth-order valence-electron chi connectivity index (χ4n) is 4.18. The first-order chi connectivity index (χ1) is 15.1. The van der Waals surface area contributed by atoms with Crippen molar-refractivity contribution in [3.63, 3.8) is 0 Å². The molecule has 1 N–H and O–H groups in total. The van der Waals surface area contributed by atoms with E-state index in [1.807, 2.05) is 47.2 Å². The van der Waals surface area contributed by atoms with Crippen LogP contribution < -0.4 is 4.74 Å². The highest BCUT2D eigenvalue weighted by Crippen LogP contribution is 2.36. The van der Waals surface area contributed by atoms with Gasteiger partial charge in [-0.1, -0.05) is 25.3 Å². The number of carbonyl (C=O) groups excluding carboxylic acids is 1. The number of benzene rings is 1. The monoisotopic (exact) mass is 433 g/mol. The number of thioether (sulfide) groups is 1. The van der Waals surface area contributed by atoms with Gasteiger partial charge in [-0.25, -0.2) is 0 Å². The molecule has 0 spiro atoms. The number of fused-ring (bicyclic) bond motifs is 1. The van der Waals surface area contributed by atoms with Crippen LogP contribution in [0.15, 0.2) is 58.3 Å². The van der Waals surface area contributed by atoms with Crippen molar-refractivity contribution in [1.29, 1.82) is 5.41 Å². The number of aliphatic imine (C=N–C) groups is 1. The van der Waals surface area contributed by atoms with Crippen LogP contribution >= 0.6 is 11.8 Å². The molecule has 8 heteroatoms. The first-order valence-electron chi connectivity index (χ1n) is 10.5. The quantitative estimate of drug-likeness (QED) is 0.710. The van der Waals surface area contributed by atoms with Crippen molar-refractivity contribution in [3.05, 3.63) is 53.9 Å². The Bertz CT molecular complexity index is 1140. The summed E-state index contributed by atoms with van der Waals surface area (Å²) >= 11 is 1.44. The molecule has 0 bridgehead atoms. The SMILES string of the molecule is COc1cccc(-n2cccc2/C=C2\C(=N)N3N=C(C4CCCCC4)SC3=NC2=O)c1. The van der Waals surface area contributed by atoms with E-state index >= 15 is 0 Å². The molecule has 0 atom stereocenters. The third-order valence-electron chi connectivity index (χ3n) is 5.83. The maximum Gasteiger partial charge on any atom is 0.283 e. The summed E-state index contributed by atoms with van der Waals surface area (Å²) in [6, 6.07) is 11.5. The minimum atomic E-state index is -0.401. The molecule has 3 aliphatic rings. The zero-order chi connectivity index (χ0) is 21.4. The molecule has 0 unspecified atom stereocenters. The predicted octanol–water partition coefficient (Wildman–Crippen LogP) is 4.69. The van der Waals surface area contributed by atoms with Gasteiger partial charge in [-0.3, -0.25) is 10.2 Å². The molecule has 1 amide bonds. The minimum absolute atomic E-state index is 0.0756. The second-order valence-corrected chi connectivity index (χ2v) is 8.79. The van der Waals surface area contributed by atoms with E-state index in [9.17, 15) is 4.79 Å². The summed E-state index contributed by atoms with van der Waals surface area (Å²) in [5.74, 6) is 0.834. The van der Waals surface area contributed by atoms with Gasteiger partial charge in [0.25, 0.3) is 5.91 Å². The number of amidine groups is 2. The van der Waals surface area contributed by atoms with E-state index in [1.54, 1.807) is 13.2 Å². The van der Waals surface area contributed by atoms with Crippen LogP contribution in [0.4, 0.5) is 0 Å². The van der Waals surface area contributed by atoms with Crippen LogP contribution in [-0.4, -0.2) is 38.6 Å². The van der Waals surface area contributed by atoms with Crippen LogP contribution in [0.25, 0.3) is 11.8 Å². The first-order valence-corrected chi connectivity index (χ1v) is 11.3. The number of ether oxygens (including phenoxy) is 1. The zero-order valence-electron chi connectivity index (χ0n) is 17.2. The summed E-state index contributed by atoms with van der Waals surface area (Å²) in [5.41, 5.74) is 1.92. The normalized spacial score (nSPS) is 20.7. The smallest absolute Gasteiger partial charge is 0.283 e. The number of methoxy groups -OCH3 is 1. The molecule has 1 aromatic carbocycles. The van der Waals surface area contributed by atoms with Gasteiger partial charge in [-0.15, -0.1) is 0 Å². The molecule has 5 rings (SSSR count). The van der Waals surface area contributed by atoms with Crippen LogP contribution in [0.1, 0.15) is 37.8 Å². The number of rotatable bonds is 4. The molecule has 2 aliphatic heterocycles. The minimum Gasteiger partial charge on any atom is -0.497 e. The number of nitrogens with one attached hydrogen (secondary N) is 1. The van der Waals surface area contributed by atoms with Gasteiger partial charge in [-0.05, 0) is 54.9 Å². The summed E-state index contributed by atoms with van der Waals surface area (Å²) < 4.78 is 7.27. The van der Waals surface area contributed by atoms with Gasteiger partial charge in [0.05, 0.1) is 12.7 Å². The molecule has 0 saturated heterocycles. The van der Waals surface area contributed by atoms with Crippen molar-refractivity contribution in [2.24, 2.45) is 16.0 Å². The van der Waals surface area contributed by atoms with Crippen molar-refractivity contribution in [2.45, 2.75) is 32.1 Å². The predicted molar refractivity (Wildman–Crippen MR) is 124 cm³/mol. The molecule has 3 heterocycles. The van der Waals surface area contributed by atoms with Crippen molar-refractivity contribution < 1.29 is 9.53 Å². The highest BCUT2D eigenvalue weighted by Gasteiger charge is 2.38. The van der Waals surface area contributed by atoms with Crippen molar-refractivity contribution >= 4 is 39.8 Å². The summed E-state index contributed by atoms with van der Waals surface area (Å²) in [4.78, 5) is 17.0. The highest BCUT2D eigenvalue weighted by molar-refractivity contribution is 8.27. The number of carbonyl (C=O) groups is 1. The molecule has 158 valence electrons. The Hall–Kier alpha value is -3.13. The summed E-state index contributed by atoms with van der Waals surface area (Å²) in [6.45, 7) is 0. The Morgan fingerprint density at radius 1 is 1.19 bits per heavy atom. The van der Waals surface area contributed by atoms with Gasteiger partial charge in [0.1, 0.15) is 10.8 Å². The molecule has 31 heavy (non-hydrogen) atoms. The Morgan fingerprint density at radius 2 is 2.03 bits per heavy atom. The van der Waals surface area contributed by atoms with E-state index in [-0.39, 0.29) is 11.4 Å². The van der Waals surface area contributed by atoms with E-state index in [1.165, 1.54) is 36.0 Å². The van der Waals surface area contributed by atoms with E-state index in [0.717, 1.165) is 35.0 Å². The van der Waals surface area contributed by atoms with Gasteiger partial charge in [0.2, 0.25) is 5.17 Å². The van der Waals surface area contributed by atoms with Gasteiger partial charge >= 0.3 is 0 Å². The lowest BCUT2D eigenvalue weighted by molar-refractivity contribution is -0.114. The Balaban J connectivity index is 1.46. The third kappa shape index (κ3) is 3.72. The lowest BCUT2D eigenvalue weighted by atomic mass is 9.90. The summed E-state index contributed by atoms with van der Waals surface area (Å²) in [7, 11) is 1.63. The van der Waals surface area contributed by atoms with E-state index in [2.05, 4.69) is 10.1 Å². The van der Waals surface area contributed by atoms with Crippen molar-refractivity contribution in [3.8, 4) is 11.4 Å². The van der Waals surface area contributed by atoms with Gasteiger partial charge < -0.3 is 9.30 Å². The fraction of sp³-hybridized carbons (Fsp3) is 0.304. The molecular formula is C23H23N5O2S. The maximum atomic E-state index is 12.8. The Morgan fingerprint density at radius 3 is 2.84 bits per heavy atom. The third-order valence-corrected chi connectivity index (χ3v) is 6.90. The number of amides is 1. The number of hydrazone groups is 1. The van der Waals surface area contributed by atoms with Crippen LogP contribution in [0.5, 0.6) is 5.75 Å². The average molecular weight is 434 g/mol. The molecule has 0 radical (unpaired) electrons. The molecule has 1 aliphatic carbocycles. The standard InChI is InChI=1S/C23H23N5O2S/c1-30-18-11-5-9-16(13-18)27-12-6-10-17(27)14-19-20(24)28-23(25-21(19)29)31-22(26-28)15-7-3-2-4-8-15/h5-6,9-15,24H,2-4,7-8H2,1H3/b19-14+,24-20?. The molecule has 7 nitrogen and oxygen atoms in total. The number of hydrogen-bond donors (Lipinski definition) is 1. The Kier molecular flexibility index (Phi) is 5.23. The van der Waals surface area contributed by atoms with E-state index in [0.29, 0.717) is 11.1 Å². The van der Waals surface area contributed by atoms with Gasteiger partial charge in [0, 0.05) is 29.6 Å². The van der Waals surface area contributed by atoms with Gasteiger partial charge in [-0.2, -0.15) is 15.1 Å². The second-order valence-electron chi connectivity index (χ2n) is 7.80. The molecule has 1 aromatic heterocycles. The summed E-state index contributed by atoms with van der Waals surface area (Å²) in [6.07, 6.45) is 9.54. The molecule has 1 saturated carbocycles. The summed E-state index contributed by atoms with van der Waals surface area (Å²) in [5, 5.41) is 16.3. The van der Waals surface area contributed by atoms with Crippen molar-refractivity contribution in [2.75, 3.05) is 7.11 Å². The molecular weight excluding hydrogens is 410 g/mol. The fourth-order valence-corrected chi connectivity index (χ4v) is 5.24. The first kappa shape index (κ1) is 19.8. The molecule has 1 fully saturated rings. The molecule has 2 aromatic rings. The lowest BCUT2D eigenvalue weighted by Crippen LogP contribution is -2.35. The maximum absolute atomic E-state index is 12.8. The van der Waals surface area contributed by atoms with E-state index < -0.39 is 5.91 Å². The van der Waals surface area contributed by atoms with Crippen LogP contribution in [0, 0.1) is 11.3 Å². The van der Waals surface area contributed by atoms with Crippen LogP contribution in [0.2, 0.25) is 0 Å². The topological polar surface area (TPSA) is 83.0 Å².